The highest BCUT2D eigenvalue weighted by molar-refractivity contribution is 14.1. The van der Waals surface area contributed by atoms with Crippen molar-refractivity contribution in [2.24, 2.45) is 0 Å². The Morgan fingerprint density at radius 1 is 1.24 bits per heavy atom. The molecule has 9 heteroatoms. The molecule has 6 nitrogen and oxygen atoms in total. The molecule has 0 spiro atoms. The first-order valence-electron chi connectivity index (χ1n) is 10.3. The van der Waals surface area contributed by atoms with Gasteiger partial charge in [0.15, 0.2) is 5.82 Å². The molecule has 0 aliphatic rings. The number of benzene rings is 1. The van der Waals surface area contributed by atoms with Crippen molar-refractivity contribution in [2.45, 2.75) is 23.6 Å². The average molecular weight is 585 g/mol. The van der Waals surface area contributed by atoms with Crippen LogP contribution in [0.25, 0.3) is 17.1 Å². The quantitative estimate of drug-likeness (QED) is 0.191. The first-order chi connectivity index (χ1) is 15.9. The Morgan fingerprint density at radius 3 is 2.64 bits per heavy atom. The van der Waals surface area contributed by atoms with Crippen molar-refractivity contribution in [1.82, 2.24) is 19.3 Å². The predicted octanol–water partition coefficient (Wildman–Crippen LogP) is 4.39. The van der Waals surface area contributed by atoms with E-state index in [-0.39, 0.29) is 9.22 Å². The van der Waals surface area contributed by atoms with E-state index in [1.54, 1.807) is 12.4 Å². The third-order valence-electron chi connectivity index (χ3n) is 5.31. The van der Waals surface area contributed by atoms with Gasteiger partial charge in [-0.25, -0.2) is 4.98 Å². The third-order valence-corrected chi connectivity index (χ3v) is 6.72. The maximum atomic E-state index is 13.5. The van der Waals surface area contributed by atoms with E-state index in [0.29, 0.717) is 23.4 Å². The first kappa shape index (κ1) is 23.8. The molecular formula is C24H22IN5OP2. The van der Waals surface area contributed by atoms with Crippen LogP contribution >= 0.6 is 41.1 Å². The molecule has 0 saturated heterocycles. The van der Waals surface area contributed by atoms with Crippen LogP contribution in [0.1, 0.15) is 32.8 Å². The molecule has 1 aromatic carbocycles. The summed E-state index contributed by atoms with van der Waals surface area (Å²) in [6.07, 6.45) is 5.86. The molecule has 4 rings (SSSR count). The van der Waals surface area contributed by atoms with Gasteiger partial charge in [0.1, 0.15) is 6.07 Å². The SMILES string of the molecule is CCn1cc(Cc2cccn(-c3nc(-c4ccc(P)cc4)cc(C(P)I)c3C#N)c2=O)cn1. The normalized spacial score (nSPS) is 11.8. The van der Waals surface area contributed by atoms with Gasteiger partial charge in [0.2, 0.25) is 0 Å². The van der Waals surface area contributed by atoms with Crippen LogP contribution in [-0.4, -0.2) is 19.3 Å². The van der Waals surface area contributed by atoms with Crippen LogP contribution in [0.4, 0.5) is 0 Å². The molecule has 3 unspecified atom stereocenters. The molecule has 0 aliphatic heterocycles. The highest BCUT2D eigenvalue weighted by Gasteiger charge is 2.20. The van der Waals surface area contributed by atoms with Gasteiger partial charge >= 0.3 is 0 Å². The van der Waals surface area contributed by atoms with E-state index >= 15 is 0 Å². The first-order valence-corrected chi connectivity index (χ1v) is 12.8. The summed E-state index contributed by atoms with van der Waals surface area (Å²) >= 11 is 2.26. The molecule has 166 valence electrons. The second-order valence-electron chi connectivity index (χ2n) is 7.52. The maximum absolute atomic E-state index is 13.5. The van der Waals surface area contributed by atoms with Gasteiger partial charge in [0, 0.05) is 36.5 Å². The lowest BCUT2D eigenvalue weighted by Gasteiger charge is -2.16. The van der Waals surface area contributed by atoms with Crippen molar-refractivity contribution < 1.29 is 0 Å². The van der Waals surface area contributed by atoms with E-state index in [0.717, 1.165) is 34.2 Å². The molecule has 0 amide bonds. The van der Waals surface area contributed by atoms with E-state index < -0.39 is 0 Å². The lowest BCUT2D eigenvalue weighted by atomic mass is 10.1. The zero-order valence-electron chi connectivity index (χ0n) is 17.9. The Bertz CT molecular complexity index is 1400. The Morgan fingerprint density at radius 2 is 2.00 bits per heavy atom. The van der Waals surface area contributed by atoms with Gasteiger partial charge in [-0.05, 0) is 35.5 Å². The zero-order valence-corrected chi connectivity index (χ0v) is 22.4. The summed E-state index contributed by atoms with van der Waals surface area (Å²) in [6, 6.07) is 15.8. The van der Waals surface area contributed by atoms with E-state index in [2.05, 4.69) is 52.2 Å². The van der Waals surface area contributed by atoms with Crippen LogP contribution in [0.5, 0.6) is 0 Å². The van der Waals surface area contributed by atoms with Gasteiger partial charge in [0.25, 0.3) is 5.56 Å². The summed E-state index contributed by atoms with van der Waals surface area (Å²) in [5, 5.41) is 15.4. The monoisotopic (exact) mass is 585 g/mol. The molecule has 0 aliphatic carbocycles. The van der Waals surface area contributed by atoms with E-state index in [4.69, 9.17) is 4.98 Å². The second-order valence-corrected chi connectivity index (χ2v) is 11.6. The summed E-state index contributed by atoms with van der Waals surface area (Å²) in [6.45, 7) is 2.79. The molecule has 0 fully saturated rings. The summed E-state index contributed by atoms with van der Waals surface area (Å²) in [4.78, 5) is 18.3. The minimum atomic E-state index is -0.192. The molecule has 4 aromatic rings. The number of aromatic nitrogens is 4. The highest BCUT2D eigenvalue weighted by Crippen LogP contribution is 2.36. The number of aryl methyl sites for hydroxylation is 1. The number of pyridine rings is 2. The minimum absolute atomic E-state index is 0.0162. The van der Waals surface area contributed by atoms with Gasteiger partial charge in [-0.15, -0.1) is 18.5 Å². The lowest BCUT2D eigenvalue weighted by molar-refractivity contribution is 0.659. The fourth-order valence-electron chi connectivity index (χ4n) is 3.59. The van der Waals surface area contributed by atoms with Gasteiger partial charge in [-0.1, -0.05) is 52.9 Å². The molecule has 0 bridgehead atoms. The van der Waals surface area contributed by atoms with Crippen molar-refractivity contribution in [3.63, 3.8) is 0 Å². The topological polar surface area (TPSA) is 76.5 Å². The standard InChI is InChI=1S/C24H22IN5OP2/c1-2-29-14-15(13-27-29)10-17-4-3-9-30(24(17)31)23-20(12-26)19(22(25)33)11-21(28-23)16-5-7-18(32)8-6-16/h3-9,11,13-14,22H,2,10,32-33H2,1H3. The fraction of sp³-hybridized carbons (Fsp3) is 0.167. The van der Waals surface area contributed by atoms with Crippen molar-refractivity contribution in [1.29, 1.82) is 5.26 Å². The largest absolute Gasteiger partial charge is 0.273 e. The number of alkyl halides is 1. The number of rotatable bonds is 6. The van der Waals surface area contributed by atoms with Crippen LogP contribution < -0.4 is 10.9 Å². The second kappa shape index (κ2) is 10.3. The van der Waals surface area contributed by atoms with Crippen molar-refractivity contribution >= 4 is 46.4 Å². The summed E-state index contributed by atoms with van der Waals surface area (Å²) in [5.41, 5.74) is 4.25. The summed E-state index contributed by atoms with van der Waals surface area (Å²) < 4.78 is 3.30. The van der Waals surface area contributed by atoms with E-state index in [9.17, 15) is 10.1 Å². The smallest absolute Gasteiger partial charge is 0.259 e. The van der Waals surface area contributed by atoms with Gasteiger partial charge in [-0.3, -0.25) is 14.0 Å². The van der Waals surface area contributed by atoms with Crippen LogP contribution in [0.15, 0.2) is 65.8 Å². The zero-order chi connectivity index (χ0) is 23.5. The van der Waals surface area contributed by atoms with Crippen LogP contribution in [0, 0.1) is 11.3 Å². The summed E-state index contributed by atoms with van der Waals surface area (Å²) in [7, 11) is 5.39. The van der Waals surface area contributed by atoms with Crippen molar-refractivity contribution in [3.05, 3.63) is 93.7 Å². The Hall–Kier alpha value is -2.39. The molecular weight excluding hydrogens is 563 g/mol. The Kier molecular flexibility index (Phi) is 7.38. The number of hydrogen-bond donors (Lipinski definition) is 0. The predicted molar refractivity (Wildman–Crippen MR) is 147 cm³/mol. The number of nitriles is 1. The van der Waals surface area contributed by atoms with Crippen LogP contribution in [0.3, 0.4) is 0 Å². The summed E-state index contributed by atoms with van der Waals surface area (Å²) in [5.74, 6) is 0.347. The van der Waals surface area contributed by atoms with Crippen LogP contribution in [0.2, 0.25) is 0 Å². The molecule has 3 heterocycles. The third kappa shape index (κ3) is 5.09. The van der Waals surface area contributed by atoms with Crippen molar-refractivity contribution in [2.75, 3.05) is 0 Å². The minimum Gasteiger partial charge on any atom is -0.273 e. The van der Waals surface area contributed by atoms with Crippen molar-refractivity contribution in [3.8, 4) is 23.1 Å². The average Bonchev–Trinajstić information content (AvgIpc) is 3.27. The highest BCUT2D eigenvalue weighted by atomic mass is 127. The van der Waals surface area contributed by atoms with E-state index in [1.165, 1.54) is 4.57 Å². The lowest BCUT2D eigenvalue weighted by Crippen LogP contribution is -2.24. The fourth-order valence-corrected chi connectivity index (χ4v) is 4.54. The molecule has 33 heavy (non-hydrogen) atoms. The molecule has 0 N–H and O–H groups in total. The molecule has 0 saturated carbocycles. The van der Waals surface area contributed by atoms with E-state index in [1.807, 2.05) is 60.3 Å². The van der Waals surface area contributed by atoms with Gasteiger partial charge in [0.05, 0.1) is 21.1 Å². The Labute approximate surface area is 210 Å². The number of halogens is 1. The van der Waals surface area contributed by atoms with Gasteiger partial charge < -0.3 is 0 Å². The number of nitrogens with zero attached hydrogens (tertiary/aromatic N) is 5. The van der Waals surface area contributed by atoms with Gasteiger partial charge in [-0.2, -0.15) is 10.4 Å². The Balaban J connectivity index is 1.88. The molecule has 3 aromatic heterocycles. The van der Waals surface area contributed by atoms with Crippen LogP contribution in [-0.2, 0) is 13.0 Å². The maximum Gasteiger partial charge on any atom is 0.259 e. The molecule has 0 radical (unpaired) electrons. The molecule has 3 atom stereocenters. The number of hydrogen-bond acceptors (Lipinski definition) is 4.